The quantitative estimate of drug-likeness (QED) is 0.413. The van der Waals surface area contributed by atoms with Crippen LogP contribution in [0.4, 0.5) is 5.69 Å². The van der Waals surface area contributed by atoms with Gasteiger partial charge in [-0.3, -0.25) is 4.79 Å². The molecule has 1 saturated heterocycles. The van der Waals surface area contributed by atoms with Gasteiger partial charge in [0.15, 0.2) is 17.5 Å². The second-order valence-electron chi connectivity index (χ2n) is 12.9. The van der Waals surface area contributed by atoms with Crippen LogP contribution in [0.1, 0.15) is 47.0 Å². The molecule has 4 aliphatic carbocycles. The fraction of sp³-hybridized carbons (Fsp3) is 0.613. The molecule has 204 valence electrons. The van der Waals surface area contributed by atoms with Crippen LogP contribution < -0.4 is 4.90 Å². The number of ketones is 1. The lowest BCUT2D eigenvalue weighted by molar-refractivity contribution is -0.204. The molecule has 1 aromatic rings. The van der Waals surface area contributed by atoms with Crippen molar-refractivity contribution in [3.63, 3.8) is 0 Å². The Morgan fingerprint density at radius 1 is 1.21 bits per heavy atom. The lowest BCUT2D eigenvalue weighted by Gasteiger charge is -2.49. The first-order valence-electron chi connectivity index (χ1n) is 14.0. The van der Waals surface area contributed by atoms with Crippen LogP contribution in [0.5, 0.6) is 0 Å². The number of aliphatic hydroxyl groups excluding tert-OH is 2. The van der Waals surface area contributed by atoms with E-state index in [1.807, 2.05) is 42.2 Å². The first-order valence-corrected chi connectivity index (χ1v) is 14.0. The van der Waals surface area contributed by atoms with Gasteiger partial charge in [0.2, 0.25) is 0 Å². The first kappa shape index (κ1) is 25.8. The predicted octanol–water partition coefficient (Wildman–Crippen LogP) is 3.04. The highest BCUT2D eigenvalue weighted by Crippen LogP contribution is 2.71. The van der Waals surface area contributed by atoms with Crippen molar-refractivity contribution in [3.8, 4) is 0 Å². The van der Waals surface area contributed by atoms with Gasteiger partial charge in [-0.2, -0.15) is 0 Å². The third-order valence-electron chi connectivity index (χ3n) is 10.7. The van der Waals surface area contributed by atoms with Crippen molar-refractivity contribution in [2.45, 2.75) is 70.8 Å². The minimum atomic E-state index is -2.11. The van der Waals surface area contributed by atoms with Crippen LogP contribution in [0.2, 0.25) is 0 Å². The van der Waals surface area contributed by atoms with E-state index in [4.69, 9.17) is 4.74 Å². The van der Waals surface area contributed by atoms with E-state index in [-0.39, 0.29) is 28.6 Å². The highest BCUT2D eigenvalue weighted by atomic mass is 16.6. The van der Waals surface area contributed by atoms with Crippen LogP contribution in [-0.2, 0) is 14.3 Å². The molecular weight excluding hydrogens is 482 g/mol. The van der Waals surface area contributed by atoms with Crippen LogP contribution >= 0.6 is 0 Å². The normalized spacial score (nSPS) is 42.9. The van der Waals surface area contributed by atoms with Crippen molar-refractivity contribution < 1.29 is 29.6 Å². The molecular formula is C31H39NO6. The molecule has 1 spiro atoms. The zero-order valence-electron chi connectivity index (χ0n) is 22.6. The molecule has 1 aromatic carbocycles. The highest BCUT2D eigenvalue weighted by Gasteiger charge is 2.76. The fourth-order valence-electron chi connectivity index (χ4n) is 8.73. The maximum Gasteiger partial charge on any atom is 0.329 e. The Labute approximate surface area is 224 Å². The third kappa shape index (κ3) is 3.18. The van der Waals surface area contributed by atoms with E-state index in [9.17, 15) is 24.9 Å². The van der Waals surface area contributed by atoms with Gasteiger partial charge in [-0.05, 0) is 72.6 Å². The van der Waals surface area contributed by atoms with Crippen LogP contribution in [0, 0.1) is 34.5 Å². The van der Waals surface area contributed by atoms with Crippen molar-refractivity contribution in [1.82, 2.24) is 0 Å². The second kappa shape index (κ2) is 8.51. The zero-order chi connectivity index (χ0) is 27.2. The molecule has 0 unspecified atom stereocenters. The largest absolute Gasteiger partial charge is 0.453 e. The molecule has 3 N–H and O–H groups in total. The summed E-state index contributed by atoms with van der Waals surface area (Å²) >= 11 is 0. The number of fused-ring (bicyclic) bond motifs is 3. The molecule has 38 heavy (non-hydrogen) atoms. The summed E-state index contributed by atoms with van der Waals surface area (Å²) in [4.78, 5) is 30.2. The average molecular weight is 522 g/mol. The van der Waals surface area contributed by atoms with Gasteiger partial charge in [-0.15, -0.1) is 0 Å². The molecule has 2 bridgehead atoms. The van der Waals surface area contributed by atoms with Crippen LogP contribution in [0.3, 0.4) is 0 Å². The number of anilines is 1. The van der Waals surface area contributed by atoms with Crippen molar-refractivity contribution >= 4 is 17.4 Å². The van der Waals surface area contributed by atoms with Crippen molar-refractivity contribution in [2.24, 2.45) is 34.5 Å². The molecule has 7 heteroatoms. The summed E-state index contributed by atoms with van der Waals surface area (Å²) in [5.41, 5.74) is -1.84. The summed E-state index contributed by atoms with van der Waals surface area (Å²) in [6.07, 6.45) is 2.90. The Kier molecular flexibility index (Phi) is 5.77. The van der Waals surface area contributed by atoms with E-state index in [0.717, 1.165) is 18.5 Å². The second-order valence-corrected chi connectivity index (χ2v) is 12.9. The Morgan fingerprint density at radius 2 is 1.92 bits per heavy atom. The molecule has 0 amide bonds. The van der Waals surface area contributed by atoms with Crippen LogP contribution in [-0.4, -0.2) is 64.1 Å². The number of carbonyl (C=O) groups is 2. The number of aliphatic hydroxyl groups is 3. The summed E-state index contributed by atoms with van der Waals surface area (Å²) in [6.45, 7) is 8.30. The van der Waals surface area contributed by atoms with Crippen LogP contribution in [0.25, 0.3) is 0 Å². The third-order valence-corrected chi connectivity index (χ3v) is 10.7. The van der Waals surface area contributed by atoms with E-state index < -0.39 is 47.8 Å². The minimum Gasteiger partial charge on any atom is -0.453 e. The first-order chi connectivity index (χ1) is 18.0. The number of esters is 1. The zero-order valence-corrected chi connectivity index (χ0v) is 22.6. The van der Waals surface area contributed by atoms with E-state index in [1.165, 1.54) is 0 Å². The van der Waals surface area contributed by atoms with Crippen molar-refractivity contribution in [3.05, 3.63) is 53.6 Å². The molecule has 2 saturated carbocycles. The average Bonchev–Trinajstić information content (AvgIpc) is 3.20. The number of allylic oxidation sites excluding steroid dienone is 1. The number of ether oxygens (including phenoxy) is 1. The topological polar surface area (TPSA) is 107 Å². The van der Waals surface area contributed by atoms with Gasteiger partial charge < -0.3 is 25.0 Å². The van der Waals surface area contributed by atoms with Crippen molar-refractivity contribution in [1.29, 1.82) is 0 Å². The molecule has 7 nitrogen and oxygen atoms in total. The van der Waals surface area contributed by atoms with Crippen LogP contribution in [0.15, 0.2) is 53.6 Å². The Morgan fingerprint density at radius 3 is 2.61 bits per heavy atom. The monoisotopic (exact) mass is 521 g/mol. The van der Waals surface area contributed by atoms with E-state index >= 15 is 0 Å². The number of hydrogen-bond acceptors (Lipinski definition) is 7. The van der Waals surface area contributed by atoms with Gasteiger partial charge in [0, 0.05) is 18.2 Å². The van der Waals surface area contributed by atoms with E-state index in [0.29, 0.717) is 24.5 Å². The SMILES string of the molecule is CC1=C[C@]23C(=O)[C@@H](C=C(CO)[C@@H](O)[C@]2(O)[C@H]1OC(=O)[C@@H]1CCCN1c1ccccc1)[C@H]1[C@@H](C[C@H]3C)C1(C)C. The van der Waals surface area contributed by atoms with E-state index in [1.54, 1.807) is 19.1 Å². The molecule has 3 fully saturated rings. The number of para-hydroxylation sites is 1. The number of nitrogens with zero attached hydrogens (tertiary/aromatic N) is 1. The summed E-state index contributed by atoms with van der Waals surface area (Å²) in [7, 11) is 0. The standard InChI is InChI=1S/C31H39NO6/c1-17-15-30-18(2)13-22-24(29(22,3)4)21(26(30)35)14-19(16-33)25(34)31(30,37)27(17)38-28(36)23-11-8-12-32(23)20-9-6-5-7-10-20/h5-7,9-10,14-15,18,21-25,27,33-34,37H,8,11-13,16H2,1-4H3/t18-,21+,22-,23+,24+,25-,27+,30+,31+/m1/s1. The number of benzene rings is 1. The number of hydrogen-bond donors (Lipinski definition) is 3. The van der Waals surface area contributed by atoms with E-state index in [2.05, 4.69) is 13.8 Å². The van der Waals surface area contributed by atoms with Gasteiger partial charge in [-0.25, -0.2) is 4.79 Å². The van der Waals surface area contributed by atoms with Crippen molar-refractivity contribution in [2.75, 3.05) is 18.1 Å². The number of Topliss-reactive ketones (excluding diaryl/α,β-unsaturated/α-hetero) is 1. The number of rotatable bonds is 4. The number of carbonyl (C=O) groups excluding carboxylic acids is 2. The summed E-state index contributed by atoms with van der Waals surface area (Å²) < 4.78 is 6.13. The maximum absolute atomic E-state index is 14.5. The molecule has 5 aliphatic rings. The predicted molar refractivity (Wildman–Crippen MR) is 142 cm³/mol. The smallest absolute Gasteiger partial charge is 0.329 e. The minimum absolute atomic E-state index is 0.0345. The fourth-order valence-corrected chi connectivity index (χ4v) is 8.73. The maximum atomic E-state index is 14.5. The Balaban J connectivity index is 1.39. The molecule has 9 atom stereocenters. The van der Waals surface area contributed by atoms with Gasteiger partial charge in [0.05, 0.1) is 12.0 Å². The highest BCUT2D eigenvalue weighted by molar-refractivity contribution is 5.95. The van der Waals surface area contributed by atoms with Gasteiger partial charge in [0.1, 0.15) is 12.1 Å². The molecule has 1 heterocycles. The Hall–Kier alpha value is -2.48. The summed E-state index contributed by atoms with van der Waals surface area (Å²) in [5, 5.41) is 34.6. The van der Waals surface area contributed by atoms with Gasteiger partial charge >= 0.3 is 5.97 Å². The summed E-state index contributed by atoms with van der Waals surface area (Å²) in [5.74, 6) is -1.04. The molecule has 0 radical (unpaired) electrons. The molecule has 1 aliphatic heterocycles. The van der Waals surface area contributed by atoms with Gasteiger partial charge in [-0.1, -0.05) is 51.1 Å². The molecule has 0 aromatic heterocycles. The molecule has 6 rings (SSSR count). The summed E-state index contributed by atoms with van der Waals surface area (Å²) in [6, 6.07) is 9.18. The van der Waals surface area contributed by atoms with Gasteiger partial charge in [0.25, 0.3) is 0 Å². The Bertz CT molecular complexity index is 1220. The lowest BCUT2D eigenvalue weighted by atomic mass is 9.59. The lowest BCUT2D eigenvalue weighted by Crippen LogP contribution is -2.66.